The molecule has 1 aliphatic rings. The average Bonchev–Trinajstić information content (AvgIpc) is 2.96. The van der Waals surface area contributed by atoms with Gasteiger partial charge < -0.3 is 0 Å². The van der Waals surface area contributed by atoms with E-state index in [4.69, 9.17) is 0 Å². The lowest BCUT2D eigenvalue weighted by Crippen LogP contribution is -2.23. The second-order valence-electron chi connectivity index (χ2n) is 4.27. The Morgan fingerprint density at radius 3 is 2.58 bits per heavy atom. The number of aromatic nitrogens is 1. The third-order valence-electron chi connectivity index (χ3n) is 3.00. The monoisotopic (exact) mass is 400 g/mol. The molecule has 0 atom stereocenters. The van der Waals surface area contributed by atoms with E-state index in [1.54, 1.807) is 4.90 Å². The zero-order valence-electron chi connectivity index (χ0n) is 9.90. The number of carbonyl (C=O) groups is 1. The van der Waals surface area contributed by atoms with Crippen molar-refractivity contribution in [3.05, 3.63) is 32.5 Å². The summed E-state index contributed by atoms with van der Waals surface area (Å²) in [4.78, 5) is 18.1. The SMILES string of the molecule is O=C1CCCN1c1nc(-c2ccc(Br)cc2)c(Br)s1. The molecule has 1 saturated heterocycles. The summed E-state index contributed by atoms with van der Waals surface area (Å²) < 4.78 is 2.00. The maximum absolute atomic E-state index is 11.7. The Balaban J connectivity index is 1.97. The highest BCUT2D eigenvalue weighted by Crippen LogP contribution is 2.38. The van der Waals surface area contributed by atoms with Gasteiger partial charge in [-0.2, -0.15) is 0 Å². The van der Waals surface area contributed by atoms with Crippen molar-refractivity contribution in [3.63, 3.8) is 0 Å². The average molecular weight is 402 g/mol. The van der Waals surface area contributed by atoms with Crippen molar-refractivity contribution in [1.29, 1.82) is 0 Å². The van der Waals surface area contributed by atoms with Gasteiger partial charge in [-0.05, 0) is 34.5 Å². The lowest BCUT2D eigenvalue weighted by Gasteiger charge is -2.10. The van der Waals surface area contributed by atoms with E-state index in [-0.39, 0.29) is 5.91 Å². The third kappa shape index (κ3) is 2.61. The Bertz CT molecular complexity index is 624. The van der Waals surface area contributed by atoms with Gasteiger partial charge in [0.1, 0.15) is 0 Å². The molecule has 1 aliphatic heterocycles. The Labute approximate surface area is 131 Å². The Morgan fingerprint density at radius 1 is 1.21 bits per heavy atom. The van der Waals surface area contributed by atoms with Gasteiger partial charge in [-0.1, -0.05) is 39.4 Å². The first-order chi connectivity index (χ1) is 9.15. The normalized spacial score (nSPS) is 15.3. The summed E-state index contributed by atoms with van der Waals surface area (Å²) in [7, 11) is 0. The molecule has 2 aromatic rings. The van der Waals surface area contributed by atoms with Gasteiger partial charge in [0, 0.05) is 23.0 Å². The van der Waals surface area contributed by atoms with Gasteiger partial charge in [-0.25, -0.2) is 4.98 Å². The number of benzene rings is 1. The number of carbonyl (C=O) groups excluding carboxylic acids is 1. The molecule has 0 aliphatic carbocycles. The molecule has 1 amide bonds. The summed E-state index contributed by atoms with van der Waals surface area (Å²) in [6, 6.07) is 8.00. The molecule has 98 valence electrons. The van der Waals surface area contributed by atoms with Crippen molar-refractivity contribution in [2.75, 3.05) is 11.4 Å². The molecular formula is C13H10Br2N2OS. The highest BCUT2D eigenvalue weighted by atomic mass is 79.9. The van der Waals surface area contributed by atoms with Crippen LogP contribution < -0.4 is 4.90 Å². The third-order valence-corrected chi connectivity index (χ3v) is 5.25. The highest BCUT2D eigenvalue weighted by Gasteiger charge is 2.25. The zero-order valence-corrected chi connectivity index (χ0v) is 13.9. The minimum absolute atomic E-state index is 0.170. The number of halogens is 2. The Hall–Kier alpha value is -0.720. The fraction of sp³-hybridized carbons (Fsp3) is 0.231. The minimum atomic E-state index is 0.170. The molecule has 0 N–H and O–H groups in total. The molecule has 6 heteroatoms. The Morgan fingerprint density at radius 2 is 1.95 bits per heavy atom. The van der Waals surface area contributed by atoms with Crippen LogP contribution in [0.3, 0.4) is 0 Å². The first kappa shape index (κ1) is 13.3. The predicted octanol–water partition coefficient (Wildman–Crippen LogP) is 4.46. The lowest BCUT2D eigenvalue weighted by atomic mass is 10.2. The zero-order chi connectivity index (χ0) is 13.4. The van der Waals surface area contributed by atoms with Crippen molar-refractivity contribution in [2.45, 2.75) is 12.8 Å². The molecule has 0 radical (unpaired) electrons. The van der Waals surface area contributed by atoms with Crippen LogP contribution in [-0.2, 0) is 4.79 Å². The highest BCUT2D eigenvalue weighted by molar-refractivity contribution is 9.11. The van der Waals surface area contributed by atoms with Crippen LogP contribution in [0.5, 0.6) is 0 Å². The van der Waals surface area contributed by atoms with Crippen LogP contribution in [0.1, 0.15) is 12.8 Å². The molecule has 1 aromatic carbocycles. The summed E-state index contributed by atoms with van der Waals surface area (Å²) in [6.07, 6.45) is 1.55. The van der Waals surface area contributed by atoms with Crippen molar-refractivity contribution in [1.82, 2.24) is 4.98 Å². The van der Waals surface area contributed by atoms with Gasteiger partial charge in [0.25, 0.3) is 0 Å². The fourth-order valence-corrected chi connectivity index (χ4v) is 3.92. The standard InChI is InChI=1S/C13H10Br2N2OS/c14-9-5-3-8(4-6-9)11-12(15)19-13(16-11)17-7-1-2-10(17)18/h3-6H,1-2,7H2. The van der Waals surface area contributed by atoms with Gasteiger partial charge in [0.15, 0.2) is 5.13 Å². The molecule has 19 heavy (non-hydrogen) atoms. The molecule has 0 saturated carbocycles. The van der Waals surface area contributed by atoms with Crippen LogP contribution in [0.4, 0.5) is 5.13 Å². The largest absolute Gasteiger partial charge is 0.288 e. The van der Waals surface area contributed by atoms with Gasteiger partial charge in [-0.15, -0.1) is 0 Å². The first-order valence-electron chi connectivity index (χ1n) is 5.88. The van der Waals surface area contributed by atoms with Gasteiger partial charge in [-0.3, -0.25) is 9.69 Å². The summed E-state index contributed by atoms with van der Waals surface area (Å²) in [5, 5.41) is 0.785. The van der Waals surface area contributed by atoms with Crippen LogP contribution in [0, 0.1) is 0 Å². The molecule has 3 nitrogen and oxygen atoms in total. The molecule has 0 spiro atoms. The van der Waals surface area contributed by atoms with E-state index >= 15 is 0 Å². The topological polar surface area (TPSA) is 33.2 Å². The number of anilines is 1. The summed E-state index contributed by atoms with van der Waals surface area (Å²) in [6.45, 7) is 0.776. The van der Waals surface area contributed by atoms with E-state index in [1.807, 2.05) is 24.3 Å². The quantitative estimate of drug-likeness (QED) is 0.744. The van der Waals surface area contributed by atoms with Crippen LogP contribution in [0.15, 0.2) is 32.5 Å². The van der Waals surface area contributed by atoms with E-state index in [0.717, 1.165) is 37.6 Å². The number of thiazole rings is 1. The second kappa shape index (κ2) is 5.34. The summed E-state index contributed by atoms with van der Waals surface area (Å²) in [5.41, 5.74) is 1.94. The predicted molar refractivity (Wildman–Crippen MR) is 84.5 cm³/mol. The molecular weight excluding hydrogens is 392 g/mol. The smallest absolute Gasteiger partial charge is 0.228 e. The fourth-order valence-electron chi connectivity index (χ4n) is 2.04. The van der Waals surface area contributed by atoms with Crippen LogP contribution in [0.25, 0.3) is 11.3 Å². The van der Waals surface area contributed by atoms with Gasteiger partial charge >= 0.3 is 0 Å². The number of hydrogen-bond acceptors (Lipinski definition) is 3. The molecule has 3 rings (SSSR count). The van der Waals surface area contributed by atoms with Gasteiger partial charge in [0.05, 0.1) is 9.48 Å². The summed E-state index contributed by atoms with van der Waals surface area (Å²) in [5.74, 6) is 0.170. The number of amides is 1. The summed E-state index contributed by atoms with van der Waals surface area (Å²) >= 11 is 8.48. The van der Waals surface area contributed by atoms with Crippen LogP contribution >= 0.6 is 43.2 Å². The van der Waals surface area contributed by atoms with E-state index in [2.05, 4.69) is 36.8 Å². The van der Waals surface area contributed by atoms with E-state index in [9.17, 15) is 4.79 Å². The van der Waals surface area contributed by atoms with E-state index < -0.39 is 0 Å². The number of hydrogen-bond donors (Lipinski definition) is 0. The molecule has 0 unspecified atom stereocenters. The number of nitrogens with zero attached hydrogens (tertiary/aromatic N) is 2. The maximum atomic E-state index is 11.7. The lowest BCUT2D eigenvalue weighted by molar-refractivity contribution is -0.117. The first-order valence-corrected chi connectivity index (χ1v) is 8.28. The van der Waals surface area contributed by atoms with Crippen molar-refractivity contribution >= 4 is 54.2 Å². The van der Waals surface area contributed by atoms with Crippen molar-refractivity contribution in [3.8, 4) is 11.3 Å². The minimum Gasteiger partial charge on any atom is -0.288 e. The van der Waals surface area contributed by atoms with Crippen molar-refractivity contribution < 1.29 is 4.79 Å². The van der Waals surface area contributed by atoms with Crippen LogP contribution in [0.2, 0.25) is 0 Å². The van der Waals surface area contributed by atoms with Gasteiger partial charge in [0.2, 0.25) is 5.91 Å². The van der Waals surface area contributed by atoms with E-state index in [0.29, 0.717) is 6.42 Å². The second-order valence-corrected chi connectivity index (χ2v) is 7.49. The molecule has 0 bridgehead atoms. The van der Waals surface area contributed by atoms with Crippen LogP contribution in [-0.4, -0.2) is 17.4 Å². The van der Waals surface area contributed by atoms with E-state index in [1.165, 1.54) is 11.3 Å². The molecule has 2 heterocycles. The number of rotatable bonds is 2. The molecule has 1 fully saturated rings. The maximum Gasteiger partial charge on any atom is 0.228 e. The Kier molecular flexibility index (Phi) is 3.73. The van der Waals surface area contributed by atoms with Crippen molar-refractivity contribution in [2.24, 2.45) is 0 Å². The molecule has 1 aromatic heterocycles.